The molecule has 6 nitrogen and oxygen atoms in total. The fraction of sp³-hybridized carbons (Fsp3) is 0.500. The summed E-state index contributed by atoms with van der Waals surface area (Å²) >= 11 is 5.26. The van der Waals surface area contributed by atoms with Crippen molar-refractivity contribution >= 4 is 28.7 Å². The van der Waals surface area contributed by atoms with E-state index in [0.717, 1.165) is 25.3 Å². The highest BCUT2D eigenvalue weighted by Gasteiger charge is 2.22. The van der Waals surface area contributed by atoms with E-state index >= 15 is 0 Å². The van der Waals surface area contributed by atoms with E-state index in [1.54, 1.807) is 12.1 Å². The van der Waals surface area contributed by atoms with Crippen molar-refractivity contribution in [2.24, 2.45) is 0 Å². The topological polar surface area (TPSA) is 70.4 Å². The second kappa shape index (κ2) is 7.33. The smallest absolute Gasteiger partial charge is 0.269 e. The largest absolute Gasteiger partial charge is 0.361 e. The number of hydrogen-bond acceptors (Lipinski definition) is 4. The summed E-state index contributed by atoms with van der Waals surface area (Å²) in [7, 11) is 0. The third kappa shape index (κ3) is 4.37. The highest BCUT2D eigenvalue weighted by Crippen LogP contribution is 2.16. The molecule has 114 valence electrons. The van der Waals surface area contributed by atoms with Gasteiger partial charge in [0.05, 0.1) is 4.92 Å². The lowest BCUT2D eigenvalue weighted by Crippen LogP contribution is -2.41. The normalized spacial score (nSPS) is 18.4. The Balaban J connectivity index is 1.80. The average Bonchev–Trinajstić information content (AvgIpc) is 2.93. The second-order valence-corrected chi connectivity index (χ2v) is 5.47. The van der Waals surface area contributed by atoms with Crippen molar-refractivity contribution in [3.05, 3.63) is 34.4 Å². The number of non-ortho nitro benzene ring substituents is 1. The van der Waals surface area contributed by atoms with Crippen LogP contribution in [-0.2, 0) is 0 Å². The number of rotatable bonds is 5. The molecule has 0 bridgehead atoms. The first-order valence-corrected chi connectivity index (χ1v) is 7.54. The molecule has 0 radical (unpaired) electrons. The molecule has 2 N–H and O–H groups in total. The molecule has 0 aliphatic carbocycles. The first-order chi connectivity index (χ1) is 10.1. The zero-order valence-corrected chi connectivity index (χ0v) is 12.9. The summed E-state index contributed by atoms with van der Waals surface area (Å²) in [5, 5.41) is 17.4. The summed E-state index contributed by atoms with van der Waals surface area (Å²) in [4.78, 5) is 12.6. The minimum Gasteiger partial charge on any atom is -0.361 e. The van der Waals surface area contributed by atoms with Gasteiger partial charge >= 0.3 is 0 Å². The maximum absolute atomic E-state index is 10.6. The first kappa shape index (κ1) is 15.7. The van der Waals surface area contributed by atoms with Gasteiger partial charge in [-0.15, -0.1) is 0 Å². The SMILES string of the molecule is CCN1CCC[C@H]1CNC(=S)Nc1ccc([N+](=O)[O-])cc1. The lowest BCUT2D eigenvalue weighted by Gasteiger charge is -2.23. The maximum atomic E-state index is 10.6. The minimum atomic E-state index is -0.417. The number of benzene rings is 1. The Morgan fingerprint density at radius 1 is 1.48 bits per heavy atom. The van der Waals surface area contributed by atoms with Gasteiger partial charge in [-0.3, -0.25) is 15.0 Å². The van der Waals surface area contributed by atoms with Crippen molar-refractivity contribution in [1.82, 2.24) is 10.2 Å². The van der Waals surface area contributed by atoms with E-state index in [0.29, 0.717) is 11.2 Å². The first-order valence-electron chi connectivity index (χ1n) is 7.13. The van der Waals surface area contributed by atoms with Gasteiger partial charge in [0.1, 0.15) is 0 Å². The summed E-state index contributed by atoms with van der Waals surface area (Å²) < 4.78 is 0. The van der Waals surface area contributed by atoms with Crippen LogP contribution >= 0.6 is 12.2 Å². The molecule has 1 saturated heterocycles. The van der Waals surface area contributed by atoms with E-state index in [4.69, 9.17) is 12.2 Å². The average molecular weight is 308 g/mol. The van der Waals surface area contributed by atoms with Gasteiger partial charge in [-0.2, -0.15) is 0 Å². The Kier molecular flexibility index (Phi) is 5.46. The van der Waals surface area contributed by atoms with Gasteiger partial charge in [0.25, 0.3) is 5.69 Å². The highest BCUT2D eigenvalue weighted by molar-refractivity contribution is 7.80. The molecule has 7 heteroatoms. The Hall–Kier alpha value is -1.73. The Morgan fingerprint density at radius 2 is 2.19 bits per heavy atom. The standard InChI is InChI=1S/C14H20N4O2S/c1-2-17-9-3-4-13(17)10-15-14(21)16-11-5-7-12(8-6-11)18(19)20/h5-8,13H,2-4,9-10H2,1H3,(H2,15,16,21)/t13-/m0/s1. The van der Waals surface area contributed by atoms with Gasteiger partial charge < -0.3 is 10.6 Å². The van der Waals surface area contributed by atoms with Gasteiger partial charge in [-0.25, -0.2) is 0 Å². The van der Waals surface area contributed by atoms with Crippen molar-refractivity contribution in [1.29, 1.82) is 0 Å². The molecule has 0 spiro atoms. The van der Waals surface area contributed by atoms with E-state index in [-0.39, 0.29) is 5.69 Å². The van der Waals surface area contributed by atoms with Crippen molar-refractivity contribution in [2.75, 3.05) is 25.0 Å². The molecule has 1 aliphatic rings. The van der Waals surface area contributed by atoms with Crippen molar-refractivity contribution in [2.45, 2.75) is 25.8 Å². The van der Waals surface area contributed by atoms with Crippen LogP contribution in [0.25, 0.3) is 0 Å². The predicted octanol–water partition coefficient (Wildman–Crippen LogP) is 2.37. The van der Waals surface area contributed by atoms with Gasteiger partial charge in [0, 0.05) is 30.4 Å². The van der Waals surface area contributed by atoms with Crippen LogP contribution in [0.2, 0.25) is 0 Å². The van der Waals surface area contributed by atoms with Crippen LogP contribution in [0.3, 0.4) is 0 Å². The Labute approximate surface area is 129 Å². The van der Waals surface area contributed by atoms with Gasteiger partial charge in [-0.1, -0.05) is 6.92 Å². The summed E-state index contributed by atoms with van der Waals surface area (Å²) in [5.74, 6) is 0. The third-order valence-corrected chi connectivity index (χ3v) is 3.99. The maximum Gasteiger partial charge on any atom is 0.269 e. The number of nitro benzene ring substituents is 1. The molecule has 0 saturated carbocycles. The lowest BCUT2D eigenvalue weighted by molar-refractivity contribution is -0.384. The van der Waals surface area contributed by atoms with Crippen molar-refractivity contribution < 1.29 is 4.92 Å². The number of nitrogens with one attached hydrogen (secondary N) is 2. The molecule has 0 unspecified atom stereocenters. The van der Waals surface area contributed by atoms with E-state index in [1.807, 2.05) is 0 Å². The number of likely N-dealkylation sites (N-methyl/N-ethyl adjacent to an activating group) is 1. The van der Waals surface area contributed by atoms with Crippen LogP contribution in [0.1, 0.15) is 19.8 Å². The molecule has 1 fully saturated rings. The zero-order valence-electron chi connectivity index (χ0n) is 12.0. The van der Waals surface area contributed by atoms with Crippen molar-refractivity contribution in [3.63, 3.8) is 0 Å². The van der Waals surface area contributed by atoms with E-state index in [1.165, 1.54) is 25.0 Å². The van der Waals surface area contributed by atoms with Crippen LogP contribution in [0, 0.1) is 10.1 Å². The molecule has 0 aromatic heterocycles. The number of thiocarbonyl (C=S) groups is 1. The monoisotopic (exact) mass is 308 g/mol. The molecule has 1 heterocycles. The summed E-state index contributed by atoms with van der Waals surface area (Å²) in [5.41, 5.74) is 0.820. The highest BCUT2D eigenvalue weighted by atomic mass is 32.1. The van der Waals surface area contributed by atoms with Crippen LogP contribution < -0.4 is 10.6 Å². The van der Waals surface area contributed by atoms with Crippen LogP contribution in [0.15, 0.2) is 24.3 Å². The van der Waals surface area contributed by atoms with Crippen LogP contribution in [0.4, 0.5) is 11.4 Å². The number of hydrogen-bond donors (Lipinski definition) is 2. The number of nitro groups is 1. The fourth-order valence-electron chi connectivity index (χ4n) is 2.59. The summed E-state index contributed by atoms with van der Waals surface area (Å²) in [6, 6.07) is 6.76. The molecule has 2 rings (SSSR count). The molecule has 1 aromatic rings. The van der Waals surface area contributed by atoms with E-state index in [2.05, 4.69) is 22.5 Å². The number of anilines is 1. The van der Waals surface area contributed by atoms with Gasteiger partial charge in [0.2, 0.25) is 0 Å². The van der Waals surface area contributed by atoms with Gasteiger partial charge in [0.15, 0.2) is 5.11 Å². The molecular weight excluding hydrogens is 288 g/mol. The fourth-order valence-corrected chi connectivity index (χ4v) is 2.80. The Morgan fingerprint density at radius 3 is 2.81 bits per heavy atom. The number of nitrogens with zero attached hydrogens (tertiary/aromatic N) is 2. The summed E-state index contributed by atoms with van der Waals surface area (Å²) in [6.07, 6.45) is 2.43. The van der Waals surface area contributed by atoms with Crippen LogP contribution in [0.5, 0.6) is 0 Å². The minimum absolute atomic E-state index is 0.0731. The molecule has 1 atom stereocenters. The van der Waals surface area contributed by atoms with E-state index < -0.39 is 4.92 Å². The Bertz CT molecular complexity index is 506. The molecule has 0 amide bonds. The number of likely N-dealkylation sites (tertiary alicyclic amines) is 1. The molecular formula is C14H20N4O2S. The zero-order chi connectivity index (χ0) is 15.2. The summed E-state index contributed by atoms with van der Waals surface area (Å²) in [6.45, 7) is 5.22. The van der Waals surface area contributed by atoms with Crippen LogP contribution in [-0.4, -0.2) is 40.6 Å². The quantitative estimate of drug-likeness (QED) is 0.494. The van der Waals surface area contributed by atoms with Crippen molar-refractivity contribution in [3.8, 4) is 0 Å². The van der Waals surface area contributed by atoms with Gasteiger partial charge in [-0.05, 0) is 50.3 Å². The predicted molar refractivity (Wildman–Crippen MR) is 87.6 cm³/mol. The molecule has 1 aromatic carbocycles. The molecule has 1 aliphatic heterocycles. The second-order valence-electron chi connectivity index (χ2n) is 5.06. The van der Waals surface area contributed by atoms with E-state index in [9.17, 15) is 10.1 Å². The lowest BCUT2D eigenvalue weighted by atomic mass is 10.2. The molecule has 21 heavy (non-hydrogen) atoms. The third-order valence-electron chi connectivity index (χ3n) is 3.74.